The standard InChI is InChI=1S/C20H14O11P2/c21-9-1-3-11-14(7-9)30-15-8-10(22)2-4-12(15)20(11)13-5-6-16(32(24,25)26)18(33(27,28)29)17(13)19(23)31-20/h1-8,21-22H,(H2,24,25,26)(H2,27,28,29). The molecule has 0 aromatic heterocycles. The quantitative estimate of drug-likeness (QED) is 0.223. The monoisotopic (exact) mass is 492 g/mol. The minimum atomic E-state index is -5.39. The van der Waals surface area contributed by atoms with Crippen molar-refractivity contribution in [2.45, 2.75) is 5.60 Å². The summed E-state index contributed by atoms with van der Waals surface area (Å²) in [4.78, 5) is 52.3. The Morgan fingerprint density at radius 1 is 0.727 bits per heavy atom. The highest BCUT2D eigenvalue weighted by Gasteiger charge is 2.56. The third-order valence-electron chi connectivity index (χ3n) is 5.50. The molecule has 3 aromatic rings. The Kier molecular flexibility index (Phi) is 4.38. The summed E-state index contributed by atoms with van der Waals surface area (Å²) in [6.07, 6.45) is 0. The maximum absolute atomic E-state index is 13.1. The van der Waals surface area contributed by atoms with Crippen LogP contribution in [0.1, 0.15) is 27.0 Å². The second-order valence-corrected chi connectivity index (χ2v) is 10.6. The largest absolute Gasteiger partial charge is 0.508 e. The molecule has 2 heterocycles. The van der Waals surface area contributed by atoms with Gasteiger partial charge in [0.15, 0.2) is 5.60 Å². The van der Waals surface area contributed by atoms with Gasteiger partial charge in [0.25, 0.3) is 0 Å². The number of esters is 1. The first-order chi connectivity index (χ1) is 15.3. The van der Waals surface area contributed by atoms with Gasteiger partial charge in [0.05, 0.1) is 16.2 Å². The summed E-state index contributed by atoms with van der Waals surface area (Å²) in [5, 5.41) is 17.7. The maximum Gasteiger partial charge on any atom is 0.358 e. The summed E-state index contributed by atoms with van der Waals surface area (Å²) in [6.45, 7) is 0. The van der Waals surface area contributed by atoms with Crippen molar-refractivity contribution in [3.8, 4) is 23.0 Å². The lowest BCUT2D eigenvalue weighted by Gasteiger charge is -2.36. The molecule has 11 nitrogen and oxygen atoms in total. The average molecular weight is 492 g/mol. The Bertz CT molecular complexity index is 1420. The normalized spacial score (nSPS) is 15.9. The van der Waals surface area contributed by atoms with Crippen molar-refractivity contribution in [2.24, 2.45) is 0 Å². The third kappa shape index (κ3) is 3.02. The number of aromatic hydroxyl groups is 2. The van der Waals surface area contributed by atoms with E-state index in [0.717, 1.165) is 12.1 Å². The van der Waals surface area contributed by atoms with Gasteiger partial charge in [-0.05, 0) is 30.3 Å². The highest BCUT2D eigenvalue weighted by atomic mass is 31.2. The van der Waals surface area contributed by atoms with Crippen LogP contribution in [0.2, 0.25) is 0 Å². The van der Waals surface area contributed by atoms with Crippen LogP contribution in [-0.2, 0) is 19.5 Å². The Morgan fingerprint density at radius 3 is 1.73 bits per heavy atom. The fourth-order valence-electron chi connectivity index (χ4n) is 4.29. The molecule has 0 atom stereocenters. The van der Waals surface area contributed by atoms with E-state index in [1.165, 1.54) is 36.4 Å². The summed E-state index contributed by atoms with van der Waals surface area (Å²) >= 11 is 0. The van der Waals surface area contributed by atoms with Crippen molar-refractivity contribution in [1.29, 1.82) is 0 Å². The number of carbonyl (C=O) groups excluding carboxylic acids is 1. The molecular weight excluding hydrogens is 478 g/mol. The fourth-order valence-corrected chi connectivity index (χ4v) is 6.61. The van der Waals surface area contributed by atoms with E-state index >= 15 is 0 Å². The average Bonchev–Trinajstić information content (AvgIpc) is 2.98. The third-order valence-corrected chi connectivity index (χ3v) is 7.72. The molecule has 0 unspecified atom stereocenters. The molecule has 6 N–H and O–H groups in total. The lowest BCUT2D eigenvalue weighted by molar-refractivity contribution is 0.0224. The highest BCUT2D eigenvalue weighted by molar-refractivity contribution is 7.67. The Labute approximate surface area is 184 Å². The maximum atomic E-state index is 13.1. The van der Waals surface area contributed by atoms with Crippen LogP contribution in [0.4, 0.5) is 0 Å². The molecule has 0 saturated carbocycles. The van der Waals surface area contributed by atoms with Crippen molar-refractivity contribution >= 4 is 31.8 Å². The molecule has 1 spiro atoms. The van der Waals surface area contributed by atoms with Crippen molar-refractivity contribution < 1.29 is 53.2 Å². The van der Waals surface area contributed by atoms with Gasteiger partial charge in [-0.15, -0.1) is 0 Å². The van der Waals surface area contributed by atoms with Crippen LogP contribution in [-0.4, -0.2) is 35.8 Å². The topological polar surface area (TPSA) is 191 Å². The molecule has 0 bridgehead atoms. The molecule has 3 aromatic carbocycles. The molecule has 2 aliphatic rings. The first-order valence-electron chi connectivity index (χ1n) is 9.22. The van der Waals surface area contributed by atoms with E-state index in [4.69, 9.17) is 9.47 Å². The predicted octanol–water partition coefficient (Wildman–Crippen LogP) is 1.27. The van der Waals surface area contributed by atoms with Gasteiger partial charge in [0.1, 0.15) is 23.0 Å². The van der Waals surface area contributed by atoms with E-state index in [1.807, 2.05) is 0 Å². The van der Waals surface area contributed by atoms with E-state index in [1.54, 1.807) is 0 Å². The Balaban J connectivity index is 1.94. The molecule has 5 rings (SSSR count). The number of fused-ring (bicyclic) bond motifs is 6. The van der Waals surface area contributed by atoms with E-state index < -0.39 is 42.9 Å². The van der Waals surface area contributed by atoms with Crippen molar-refractivity contribution in [3.63, 3.8) is 0 Å². The molecular formula is C20H14O11P2. The Hall–Kier alpha value is -3.17. The van der Waals surface area contributed by atoms with Crippen molar-refractivity contribution in [2.75, 3.05) is 0 Å². The number of benzene rings is 3. The number of carbonyl (C=O) groups is 1. The van der Waals surface area contributed by atoms with Gasteiger partial charge in [-0.25, -0.2) is 4.79 Å². The van der Waals surface area contributed by atoms with Crippen LogP contribution in [0, 0.1) is 0 Å². The van der Waals surface area contributed by atoms with Crippen molar-refractivity contribution in [1.82, 2.24) is 0 Å². The van der Waals surface area contributed by atoms with Gasteiger partial charge in [-0.1, -0.05) is 6.07 Å². The van der Waals surface area contributed by atoms with E-state index in [0.29, 0.717) is 0 Å². The predicted molar refractivity (Wildman–Crippen MR) is 111 cm³/mol. The van der Waals surface area contributed by atoms with E-state index in [-0.39, 0.29) is 39.7 Å². The van der Waals surface area contributed by atoms with Gasteiger partial charge >= 0.3 is 21.2 Å². The zero-order chi connectivity index (χ0) is 23.9. The second kappa shape index (κ2) is 6.68. The van der Waals surface area contributed by atoms with Crippen molar-refractivity contribution in [3.05, 3.63) is 70.8 Å². The van der Waals surface area contributed by atoms with Gasteiger partial charge in [-0.3, -0.25) is 9.13 Å². The van der Waals surface area contributed by atoms with Crippen LogP contribution in [0.25, 0.3) is 0 Å². The zero-order valence-electron chi connectivity index (χ0n) is 16.2. The van der Waals surface area contributed by atoms with E-state index in [2.05, 4.69) is 0 Å². The lowest BCUT2D eigenvalue weighted by atomic mass is 9.77. The van der Waals surface area contributed by atoms with Crippen LogP contribution < -0.4 is 15.3 Å². The molecule has 13 heteroatoms. The van der Waals surface area contributed by atoms with Gasteiger partial charge in [0, 0.05) is 28.8 Å². The number of hydrogen-bond acceptors (Lipinski definition) is 7. The molecule has 0 amide bonds. The van der Waals surface area contributed by atoms with Gasteiger partial charge in [-0.2, -0.15) is 0 Å². The smallest absolute Gasteiger partial charge is 0.358 e. The number of hydrogen-bond donors (Lipinski definition) is 6. The number of ether oxygens (including phenoxy) is 2. The summed E-state index contributed by atoms with van der Waals surface area (Å²) < 4.78 is 35.8. The van der Waals surface area contributed by atoms with Crippen LogP contribution in [0.15, 0.2) is 48.5 Å². The number of rotatable bonds is 2. The summed E-state index contributed by atoms with van der Waals surface area (Å²) in [5.74, 6) is -1.54. The van der Waals surface area contributed by atoms with Crippen LogP contribution in [0.3, 0.4) is 0 Å². The number of phenolic OH excluding ortho intramolecular Hbond substituents is 2. The SMILES string of the molecule is O=C1OC2(c3ccc(O)cc3Oc3cc(O)ccc32)c2ccc(P(=O)(O)O)c(P(=O)(O)O)c21. The van der Waals surface area contributed by atoms with Gasteiger partial charge < -0.3 is 39.3 Å². The molecule has 33 heavy (non-hydrogen) atoms. The first-order valence-corrected chi connectivity index (χ1v) is 12.4. The molecule has 0 saturated heterocycles. The Morgan fingerprint density at radius 2 is 1.24 bits per heavy atom. The minimum absolute atomic E-state index is 0.0329. The summed E-state index contributed by atoms with van der Waals surface area (Å²) in [5.41, 5.74) is -2.24. The molecule has 0 radical (unpaired) electrons. The second-order valence-electron chi connectivity index (χ2n) is 7.48. The first kappa shape index (κ1) is 21.7. The zero-order valence-corrected chi connectivity index (χ0v) is 18.0. The number of phenols is 2. The highest BCUT2D eigenvalue weighted by Crippen LogP contribution is 2.58. The summed E-state index contributed by atoms with van der Waals surface area (Å²) in [7, 11) is -10.6. The van der Waals surface area contributed by atoms with E-state index in [9.17, 15) is 43.7 Å². The molecule has 2 aliphatic heterocycles. The molecule has 170 valence electrons. The lowest BCUT2D eigenvalue weighted by Crippen LogP contribution is -2.34. The van der Waals surface area contributed by atoms with Crippen LogP contribution >= 0.6 is 15.2 Å². The van der Waals surface area contributed by atoms with Gasteiger partial charge in [0.2, 0.25) is 0 Å². The summed E-state index contributed by atoms with van der Waals surface area (Å²) in [6, 6.07) is 9.78. The molecule has 0 fully saturated rings. The minimum Gasteiger partial charge on any atom is -0.508 e. The fraction of sp³-hybridized carbons (Fsp3) is 0.0500. The van der Waals surface area contributed by atoms with Crippen LogP contribution in [0.5, 0.6) is 23.0 Å². The molecule has 0 aliphatic carbocycles.